The van der Waals surface area contributed by atoms with Crippen molar-refractivity contribution in [3.8, 4) is 0 Å². The van der Waals surface area contributed by atoms with Crippen molar-refractivity contribution in [1.82, 2.24) is 5.73 Å². The summed E-state index contributed by atoms with van der Waals surface area (Å²) in [5.41, 5.74) is 6.72. The summed E-state index contributed by atoms with van der Waals surface area (Å²) in [7, 11) is 0. The molecular formula is C4H8NO3. The van der Waals surface area contributed by atoms with E-state index >= 15 is 0 Å². The highest BCUT2D eigenvalue weighted by atomic mass is 16.4. The van der Waals surface area contributed by atoms with Gasteiger partial charge in [0.15, 0.2) is 0 Å². The first-order valence-corrected chi connectivity index (χ1v) is 2.20. The van der Waals surface area contributed by atoms with Gasteiger partial charge in [-0.25, -0.2) is 0 Å². The van der Waals surface area contributed by atoms with Crippen LogP contribution in [-0.2, 0) is 4.79 Å². The van der Waals surface area contributed by atoms with Crippen molar-refractivity contribution in [2.45, 2.75) is 12.5 Å². The second-order valence-electron chi connectivity index (χ2n) is 1.48. The van der Waals surface area contributed by atoms with Crippen LogP contribution in [0.4, 0.5) is 0 Å². The van der Waals surface area contributed by atoms with E-state index in [0.717, 1.165) is 0 Å². The number of hydrogen-bond acceptors (Lipinski definition) is 2. The molecule has 1 radical (unpaired) electrons. The Kier molecular flexibility index (Phi) is 3.14. The lowest BCUT2D eigenvalue weighted by atomic mass is 10.2. The summed E-state index contributed by atoms with van der Waals surface area (Å²) in [5.74, 6) is -1.04. The van der Waals surface area contributed by atoms with Gasteiger partial charge < -0.3 is 10.2 Å². The summed E-state index contributed by atoms with van der Waals surface area (Å²) < 4.78 is 0. The van der Waals surface area contributed by atoms with E-state index in [1.807, 2.05) is 0 Å². The lowest BCUT2D eigenvalue weighted by Gasteiger charge is -1.99. The van der Waals surface area contributed by atoms with Gasteiger partial charge in [-0.15, -0.1) is 0 Å². The van der Waals surface area contributed by atoms with Gasteiger partial charge in [-0.3, -0.25) is 10.5 Å². The normalized spacial score (nSPS) is 13.2. The third kappa shape index (κ3) is 3.58. The zero-order valence-corrected chi connectivity index (χ0v) is 4.29. The van der Waals surface area contributed by atoms with E-state index < -0.39 is 12.0 Å². The quantitative estimate of drug-likeness (QED) is 0.504. The van der Waals surface area contributed by atoms with Crippen LogP contribution in [0.5, 0.6) is 0 Å². The first kappa shape index (κ1) is 7.39. The van der Waals surface area contributed by atoms with Gasteiger partial charge in [0.2, 0.25) is 0 Å². The van der Waals surface area contributed by atoms with Crippen molar-refractivity contribution in [3.63, 3.8) is 0 Å². The summed E-state index contributed by atoms with van der Waals surface area (Å²) in [4.78, 5) is 9.74. The number of carbonyl (C=O) groups is 1. The van der Waals surface area contributed by atoms with Crippen LogP contribution in [0.15, 0.2) is 0 Å². The molecule has 3 N–H and O–H groups in total. The predicted octanol–water partition coefficient (Wildman–Crippen LogP) is -0.895. The number of carboxylic acid groups (broad SMARTS) is 1. The monoisotopic (exact) mass is 118 g/mol. The molecule has 0 heterocycles. The summed E-state index contributed by atoms with van der Waals surface area (Å²) in [6, 6.07) is -0.868. The Morgan fingerprint density at radius 2 is 2.25 bits per heavy atom. The van der Waals surface area contributed by atoms with E-state index in [4.69, 9.17) is 15.9 Å². The Morgan fingerprint density at radius 3 is 2.38 bits per heavy atom. The summed E-state index contributed by atoms with van der Waals surface area (Å²) in [5, 5.41) is 16.1. The lowest BCUT2D eigenvalue weighted by Crippen LogP contribution is -2.18. The Hall–Kier alpha value is -0.610. The van der Waals surface area contributed by atoms with E-state index in [9.17, 15) is 4.79 Å². The van der Waals surface area contributed by atoms with Gasteiger partial charge in [-0.05, 0) is 0 Å². The molecule has 0 fully saturated rings. The van der Waals surface area contributed by atoms with E-state index in [2.05, 4.69) is 0 Å². The largest absolute Gasteiger partial charge is 0.481 e. The van der Waals surface area contributed by atoms with Crippen LogP contribution in [-0.4, -0.2) is 28.8 Å². The first-order chi connectivity index (χ1) is 3.66. The van der Waals surface area contributed by atoms with Crippen molar-refractivity contribution < 1.29 is 15.0 Å². The fourth-order valence-corrected chi connectivity index (χ4v) is 0.275. The molecule has 0 amide bonds. The van der Waals surface area contributed by atoms with E-state index in [1.165, 1.54) is 0 Å². The third-order valence-electron chi connectivity index (χ3n) is 0.641. The van der Waals surface area contributed by atoms with Crippen molar-refractivity contribution in [2.75, 3.05) is 6.61 Å². The van der Waals surface area contributed by atoms with Crippen LogP contribution in [0.1, 0.15) is 6.42 Å². The minimum absolute atomic E-state index is 0.281. The predicted molar refractivity (Wildman–Crippen MR) is 26.2 cm³/mol. The SMILES string of the molecule is [NH]C(CO)CC(=O)O. The van der Waals surface area contributed by atoms with Crippen LogP contribution in [0, 0.1) is 0 Å². The summed E-state index contributed by atoms with van der Waals surface area (Å²) >= 11 is 0. The van der Waals surface area contributed by atoms with Crippen LogP contribution < -0.4 is 5.73 Å². The van der Waals surface area contributed by atoms with Crippen molar-refractivity contribution >= 4 is 5.97 Å². The van der Waals surface area contributed by atoms with Gasteiger partial charge in [0.1, 0.15) is 0 Å². The number of nitrogens with one attached hydrogen (secondary N) is 1. The molecule has 8 heavy (non-hydrogen) atoms. The third-order valence-corrected chi connectivity index (χ3v) is 0.641. The number of aliphatic hydroxyl groups excluding tert-OH is 1. The molecule has 1 atom stereocenters. The standard InChI is InChI=1S/C4H8NO3/c5-3(2-6)1-4(7)8/h3,5-6H,1-2H2,(H,7,8). The second-order valence-corrected chi connectivity index (χ2v) is 1.48. The van der Waals surface area contributed by atoms with Gasteiger partial charge in [0, 0.05) is 0 Å². The average Bonchev–Trinajstić information content (AvgIpc) is 1.65. The molecule has 0 aliphatic carbocycles. The average molecular weight is 118 g/mol. The molecule has 0 saturated carbocycles. The van der Waals surface area contributed by atoms with E-state index in [1.54, 1.807) is 0 Å². The highest BCUT2D eigenvalue weighted by Crippen LogP contribution is 1.86. The van der Waals surface area contributed by atoms with Gasteiger partial charge in [0.25, 0.3) is 0 Å². The summed E-state index contributed by atoms with van der Waals surface area (Å²) in [6.07, 6.45) is -0.281. The molecule has 4 heteroatoms. The highest BCUT2D eigenvalue weighted by molar-refractivity contribution is 5.67. The molecule has 0 rings (SSSR count). The molecule has 0 aromatic heterocycles. The maximum absolute atomic E-state index is 9.74. The van der Waals surface area contributed by atoms with Crippen LogP contribution >= 0.6 is 0 Å². The van der Waals surface area contributed by atoms with Gasteiger partial charge in [-0.2, -0.15) is 0 Å². The molecule has 0 saturated heterocycles. The highest BCUT2D eigenvalue weighted by Gasteiger charge is 2.05. The lowest BCUT2D eigenvalue weighted by molar-refractivity contribution is -0.137. The number of hydrogen-bond donors (Lipinski definition) is 2. The minimum Gasteiger partial charge on any atom is -0.481 e. The number of rotatable bonds is 3. The second kappa shape index (κ2) is 3.40. The fourth-order valence-electron chi connectivity index (χ4n) is 0.275. The Morgan fingerprint density at radius 1 is 1.75 bits per heavy atom. The molecule has 1 unspecified atom stereocenters. The number of aliphatic carboxylic acids is 1. The zero-order chi connectivity index (χ0) is 6.57. The van der Waals surface area contributed by atoms with Crippen LogP contribution in [0.2, 0.25) is 0 Å². The number of aliphatic hydroxyl groups is 1. The van der Waals surface area contributed by atoms with Crippen LogP contribution in [0.25, 0.3) is 0 Å². The zero-order valence-electron chi connectivity index (χ0n) is 4.29. The smallest absolute Gasteiger partial charge is 0.305 e. The molecule has 0 aliphatic heterocycles. The summed E-state index contributed by atoms with van der Waals surface area (Å²) in [6.45, 7) is -0.383. The Labute approximate surface area is 46.9 Å². The maximum Gasteiger partial charge on any atom is 0.305 e. The molecule has 0 aliphatic rings. The van der Waals surface area contributed by atoms with Crippen molar-refractivity contribution in [3.05, 3.63) is 0 Å². The molecular weight excluding hydrogens is 110 g/mol. The van der Waals surface area contributed by atoms with Crippen LogP contribution in [0.3, 0.4) is 0 Å². The molecule has 0 aromatic rings. The van der Waals surface area contributed by atoms with Crippen molar-refractivity contribution in [2.24, 2.45) is 0 Å². The molecule has 47 valence electrons. The Bertz CT molecular complexity index is 83.4. The van der Waals surface area contributed by atoms with Gasteiger partial charge >= 0.3 is 5.97 Å². The fraction of sp³-hybridized carbons (Fsp3) is 0.750. The Balaban J connectivity index is 3.24. The first-order valence-electron chi connectivity index (χ1n) is 2.20. The van der Waals surface area contributed by atoms with Gasteiger partial charge in [0.05, 0.1) is 19.1 Å². The van der Waals surface area contributed by atoms with Crippen molar-refractivity contribution in [1.29, 1.82) is 0 Å². The maximum atomic E-state index is 9.74. The molecule has 0 aromatic carbocycles. The van der Waals surface area contributed by atoms with E-state index in [0.29, 0.717) is 0 Å². The molecule has 4 nitrogen and oxygen atoms in total. The van der Waals surface area contributed by atoms with Gasteiger partial charge in [-0.1, -0.05) is 0 Å². The topological polar surface area (TPSA) is 81.3 Å². The minimum atomic E-state index is -1.04. The molecule has 0 bridgehead atoms. The number of carboxylic acids is 1. The molecule has 0 spiro atoms. The van der Waals surface area contributed by atoms with E-state index in [-0.39, 0.29) is 13.0 Å².